The molecule has 186 valence electrons. The average Bonchev–Trinajstić information content (AvgIpc) is 3.61. The predicted molar refractivity (Wildman–Crippen MR) is 172 cm³/mol. The van der Waals surface area contributed by atoms with Gasteiger partial charge < -0.3 is 4.42 Å². The van der Waals surface area contributed by atoms with Gasteiger partial charge in [-0.3, -0.25) is 0 Å². The number of thiophene rings is 1. The van der Waals surface area contributed by atoms with E-state index >= 15 is 0 Å². The highest BCUT2D eigenvalue weighted by Crippen LogP contribution is 2.47. The number of furan rings is 1. The van der Waals surface area contributed by atoms with Gasteiger partial charge in [0.15, 0.2) is 0 Å². The highest BCUT2D eigenvalue weighted by atomic mass is 32.1. The Balaban J connectivity index is 1.37. The summed E-state index contributed by atoms with van der Waals surface area (Å²) in [7, 11) is 0. The monoisotopic (exact) mass is 526 g/mol. The van der Waals surface area contributed by atoms with E-state index in [1.54, 1.807) is 0 Å². The Hall–Kier alpha value is -4.92. The molecule has 2 heterocycles. The van der Waals surface area contributed by atoms with Gasteiger partial charge in [-0.15, -0.1) is 11.3 Å². The van der Waals surface area contributed by atoms with Gasteiger partial charge in [-0.2, -0.15) is 0 Å². The largest absolute Gasteiger partial charge is 0.456 e. The fraction of sp³-hybridized carbons (Fsp3) is 0. The topological polar surface area (TPSA) is 13.1 Å². The summed E-state index contributed by atoms with van der Waals surface area (Å²) in [4.78, 5) is 0. The van der Waals surface area contributed by atoms with Gasteiger partial charge in [0.05, 0.1) is 0 Å². The van der Waals surface area contributed by atoms with Crippen LogP contribution in [0.15, 0.2) is 138 Å². The van der Waals surface area contributed by atoms with E-state index < -0.39 is 0 Å². The van der Waals surface area contributed by atoms with Crippen LogP contribution in [0.3, 0.4) is 0 Å². The predicted octanol–water partition coefficient (Wildman–Crippen LogP) is 11.6. The molecule has 2 heteroatoms. The summed E-state index contributed by atoms with van der Waals surface area (Å²) < 4.78 is 9.28. The van der Waals surface area contributed by atoms with E-state index in [-0.39, 0.29) is 0 Å². The first kappa shape index (κ1) is 22.0. The van der Waals surface area contributed by atoms with E-state index in [0.717, 1.165) is 16.9 Å². The molecule has 40 heavy (non-hydrogen) atoms. The van der Waals surface area contributed by atoms with Crippen molar-refractivity contribution in [1.82, 2.24) is 0 Å². The minimum Gasteiger partial charge on any atom is -0.456 e. The average molecular weight is 527 g/mol. The zero-order valence-electron chi connectivity index (χ0n) is 21.5. The van der Waals surface area contributed by atoms with Crippen molar-refractivity contribution in [2.75, 3.05) is 0 Å². The molecule has 9 rings (SSSR count). The quantitative estimate of drug-likeness (QED) is 0.204. The minimum atomic E-state index is 0.914. The molecule has 0 N–H and O–H groups in total. The highest BCUT2D eigenvalue weighted by molar-refractivity contribution is 7.26. The number of fused-ring (bicyclic) bond motifs is 8. The second kappa shape index (κ2) is 8.29. The Morgan fingerprint density at radius 2 is 1.05 bits per heavy atom. The fourth-order valence-corrected chi connectivity index (χ4v) is 7.68. The van der Waals surface area contributed by atoms with E-state index in [9.17, 15) is 0 Å². The van der Waals surface area contributed by atoms with Gasteiger partial charge in [0.25, 0.3) is 0 Å². The van der Waals surface area contributed by atoms with Crippen molar-refractivity contribution in [3.05, 3.63) is 133 Å². The SMILES string of the molecule is c1ccc2cc(-c3c4ccccc4c(-c4cc5c(ccc6c7ccccc7sc56)o4)c4ccccc34)ccc2c1. The van der Waals surface area contributed by atoms with Crippen molar-refractivity contribution in [3.63, 3.8) is 0 Å². The normalized spacial score (nSPS) is 12.0. The number of hydrogen-bond donors (Lipinski definition) is 0. The Labute approximate surface area is 234 Å². The lowest BCUT2D eigenvalue weighted by molar-refractivity contribution is 0.633. The minimum absolute atomic E-state index is 0.914. The number of benzene rings is 7. The molecule has 0 radical (unpaired) electrons. The van der Waals surface area contributed by atoms with E-state index in [4.69, 9.17) is 4.42 Å². The number of hydrogen-bond acceptors (Lipinski definition) is 2. The summed E-state index contributed by atoms with van der Waals surface area (Å²) in [6, 6.07) is 48.2. The molecule has 0 aliphatic heterocycles. The van der Waals surface area contributed by atoms with Crippen LogP contribution in [0.1, 0.15) is 0 Å². The summed E-state index contributed by atoms with van der Waals surface area (Å²) in [5.74, 6) is 0.914. The van der Waals surface area contributed by atoms with Gasteiger partial charge in [-0.05, 0) is 73.8 Å². The maximum Gasteiger partial charge on any atom is 0.136 e. The molecule has 2 aromatic heterocycles. The van der Waals surface area contributed by atoms with Crippen molar-refractivity contribution in [1.29, 1.82) is 0 Å². The van der Waals surface area contributed by atoms with Crippen LogP contribution in [-0.4, -0.2) is 0 Å². The van der Waals surface area contributed by atoms with Gasteiger partial charge in [-0.1, -0.05) is 103 Å². The number of rotatable bonds is 2. The van der Waals surface area contributed by atoms with Crippen molar-refractivity contribution in [2.45, 2.75) is 0 Å². The van der Waals surface area contributed by atoms with E-state index in [1.165, 1.54) is 69.0 Å². The van der Waals surface area contributed by atoms with Gasteiger partial charge in [0.1, 0.15) is 11.3 Å². The summed E-state index contributed by atoms with van der Waals surface area (Å²) in [5, 5.41) is 11.2. The van der Waals surface area contributed by atoms with E-state index in [0.29, 0.717) is 0 Å². The van der Waals surface area contributed by atoms with Crippen molar-refractivity contribution < 1.29 is 4.42 Å². The smallest absolute Gasteiger partial charge is 0.136 e. The first-order chi connectivity index (χ1) is 19.8. The molecule has 0 aliphatic carbocycles. The second-order valence-corrected chi connectivity index (χ2v) is 11.5. The van der Waals surface area contributed by atoms with E-state index in [2.05, 4.69) is 133 Å². The van der Waals surface area contributed by atoms with Gasteiger partial charge in [0.2, 0.25) is 0 Å². The standard InChI is InChI=1S/C38H22OS/c1-2-10-24-21-25(18-17-23(24)9-1)36-27-12-3-5-14-29(27)37(30-15-6-4-13-28(30)36)34-22-32-33(39-34)20-19-31-26-11-7-8-16-35(26)40-38(31)32/h1-22H. The molecule has 0 unspecified atom stereocenters. The zero-order valence-corrected chi connectivity index (χ0v) is 22.3. The van der Waals surface area contributed by atoms with Crippen LogP contribution in [-0.2, 0) is 0 Å². The molecule has 0 saturated carbocycles. The van der Waals surface area contributed by atoms with Crippen molar-refractivity contribution >= 4 is 74.8 Å². The van der Waals surface area contributed by atoms with Crippen LogP contribution in [0, 0.1) is 0 Å². The maximum absolute atomic E-state index is 6.68. The third-order valence-electron chi connectivity index (χ3n) is 8.26. The molecule has 0 aliphatic rings. The Morgan fingerprint density at radius 3 is 1.80 bits per heavy atom. The second-order valence-electron chi connectivity index (χ2n) is 10.5. The van der Waals surface area contributed by atoms with E-state index in [1.807, 2.05) is 11.3 Å². The van der Waals surface area contributed by atoms with Crippen LogP contribution in [0.5, 0.6) is 0 Å². The Morgan fingerprint density at radius 1 is 0.425 bits per heavy atom. The summed E-state index contributed by atoms with van der Waals surface area (Å²) in [6.07, 6.45) is 0. The molecular weight excluding hydrogens is 504 g/mol. The fourth-order valence-electron chi connectivity index (χ4n) is 6.47. The molecular formula is C38H22OS. The molecule has 0 bridgehead atoms. The van der Waals surface area contributed by atoms with Crippen LogP contribution >= 0.6 is 11.3 Å². The van der Waals surface area contributed by atoms with Gasteiger partial charge in [0, 0.05) is 31.1 Å². The Bertz CT molecular complexity index is 2380. The summed E-state index contributed by atoms with van der Waals surface area (Å²) in [5.41, 5.74) is 4.58. The summed E-state index contributed by atoms with van der Waals surface area (Å²) in [6.45, 7) is 0. The molecule has 1 nitrogen and oxygen atoms in total. The molecule has 7 aromatic carbocycles. The zero-order chi connectivity index (χ0) is 26.2. The third kappa shape index (κ3) is 3.08. The lowest BCUT2D eigenvalue weighted by atomic mass is 9.87. The maximum atomic E-state index is 6.68. The van der Waals surface area contributed by atoms with Crippen molar-refractivity contribution in [3.8, 4) is 22.5 Å². The molecule has 0 spiro atoms. The molecule has 0 atom stereocenters. The first-order valence-electron chi connectivity index (χ1n) is 13.6. The lowest BCUT2D eigenvalue weighted by Gasteiger charge is -2.16. The van der Waals surface area contributed by atoms with Crippen LogP contribution in [0.4, 0.5) is 0 Å². The first-order valence-corrected chi connectivity index (χ1v) is 14.4. The Kier molecular flexibility index (Phi) is 4.55. The lowest BCUT2D eigenvalue weighted by Crippen LogP contribution is -1.90. The summed E-state index contributed by atoms with van der Waals surface area (Å²) >= 11 is 1.85. The molecule has 0 saturated heterocycles. The van der Waals surface area contributed by atoms with Gasteiger partial charge in [-0.25, -0.2) is 0 Å². The van der Waals surface area contributed by atoms with Crippen LogP contribution in [0.2, 0.25) is 0 Å². The molecule has 9 aromatic rings. The van der Waals surface area contributed by atoms with Crippen LogP contribution < -0.4 is 0 Å². The highest BCUT2D eigenvalue weighted by Gasteiger charge is 2.20. The molecule has 0 amide bonds. The third-order valence-corrected chi connectivity index (χ3v) is 9.48. The van der Waals surface area contributed by atoms with Crippen molar-refractivity contribution in [2.24, 2.45) is 0 Å². The van der Waals surface area contributed by atoms with Crippen LogP contribution in [0.25, 0.3) is 85.9 Å². The van der Waals surface area contributed by atoms with Gasteiger partial charge >= 0.3 is 0 Å². The molecule has 0 fully saturated rings.